The highest BCUT2D eigenvalue weighted by Gasteiger charge is 2.29. The minimum absolute atomic E-state index is 0.0932. The van der Waals surface area contributed by atoms with E-state index in [0.717, 1.165) is 48.0 Å². The molecule has 0 saturated carbocycles. The number of hydrogen-bond acceptors (Lipinski definition) is 7. The molecule has 0 bridgehead atoms. The molecule has 1 saturated heterocycles. The standard InChI is InChI=1S/C21H26N6O2S/c1-15-14-16(2)27(25-15)9-8-18-23-24-21(30-18)22-20(28)19(17-6-4-3-5-7-17)26-10-12-29-13-11-26/h3-7,14,19H,8-13H2,1-2H3,(H,22,24,28)/t19-/m0/s1. The molecule has 1 aliphatic heterocycles. The molecule has 1 atom stereocenters. The monoisotopic (exact) mass is 426 g/mol. The average Bonchev–Trinajstić information content (AvgIpc) is 3.33. The van der Waals surface area contributed by atoms with E-state index in [0.29, 0.717) is 18.3 Å². The van der Waals surface area contributed by atoms with Crippen molar-refractivity contribution in [1.82, 2.24) is 24.9 Å². The molecule has 3 aromatic rings. The van der Waals surface area contributed by atoms with Crippen LogP contribution in [0.3, 0.4) is 0 Å². The van der Waals surface area contributed by atoms with Crippen LogP contribution < -0.4 is 5.32 Å². The molecule has 0 aliphatic carbocycles. The Morgan fingerprint density at radius 1 is 1.20 bits per heavy atom. The van der Waals surface area contributed by atoms with Gasteiger partial charge in [0.25, 0.3) is 0 Å². The summed E-state index contributed by atoms with van der Waals surface area (Å²) in [7, 11) is 0. The summed E-state index contributed by atoms with van der Waals surface area (Å²) in [6, 6.07) is 11.5. The largest absolute Gasteiger partial charge is 0.379 e. The molecule has 0 spiro atoms. The van der Waals surface area contributed by atoms with Crippen molar-refractivity contribution >= 4 is 22.4 Å². The van der Waals surface area contributed by atoms with E-state index >= 15 is 0 Å². The van der Waals surface area contributed by atoms with Gasteiger partial charge in [0.1, 0.15) is 11.0 Å². The second-order valence-corrected chi connectivity index (χ2v) is 8.41. The number of nitrogens with zero attached hydrogens (tertiary/aromatic N) is 5. The third-order valence-corrected chi connectivity index (χ3v) is 6.01. The van der Waals surface area contributed by atoms with E-state index in [2.05, 4.69) is 31.6 Å². The molecule has 1 fully saturated rings. The number of rotatable bonds is 7. The van der Waals surface area contributed by atoms with Gasteiger partial charge in [-0.3, -0.25) is 19.7 Å². The van der Waals surface area contributed by atoms with Gasteiger partial charge in [0.15, 0.2) is 0 Å². The molecule has 0 unspecified atom stereocenters. The molecule has 158 valence electrons. The number of aryl methyl sites for hydroxylation is 4. The number of morpholine rings is 1. The van der Waals surface area contributed by atoms with Crippen LogP contribution in [-0.2, 0) is 22.5 Å². The van der Waals surface area contributed by atoms with Gasteiger partial charge in [-0.15, -0.1) is 10.2 Å². The normalized spacial score (nSPS) is 15.8. The smallest absolute Gasteiger partial charge is 0.248 e. The Bertz CT molecular complexity index is 981. The highest BCUT2D eigenvalue weighted by molar-refractivity contribution is 7.15. The summed E-state index contributed by atoms with van der Waals surface area (Å²) in [4.78, 5) is 15.3. The molecule has 30 heavy (non-hydrogen) atoms. The molecular weight excluding hydrogens is 400 g/mol. The Labute approximate surface area is 179 Å². The maximum Gasteiger partial charge on any atom is 0.248 e. The minimum atomic E-state index is -0.378. The predicted molar refractivity (Wildman–Crippen MR) is 116 cm³/mol. The van der Waals surface area contributed by atoms with Gasteiger partial charge in [-0.2, -0.15) is 5.10 Å². The number of carbonyl (C=O) groups is 1. The van der Waals surface area contributed by atoms with E-state index in [4.69, 9.17) is 4.74 Å². The van der Waals surface area contributed by atoms with Crippen molar-refractivity contribution in [2.75, 3.05) is 31.6 Å². The Morgan fingerprint density at radius 3 is 2.67 bits per heavy atom. The fraction of sp³-hybridized carbons (Fsp3) is 0.429. The number of anilines is 1. The van der Waals surface area contributed by atoms with Crippen molar-refractivity contribution in [1.29, 1.82) is 0 Å². The molecular formula is C21H26N6O2S. The van der Waals surface area contributed by atoms with Crippen LogP contribution in [-0.4, -0.2) is 57.1 Å². The Kier molecular flexibility index (Phi) is 6.51. The third-order valence-electron chi connectivity index (χ3n) is 5.11. The second kappa shape index (κ2) is 9.46. The van der Waals surface area contributed by atoms with Crippen molar-refractivity contribution in [2.24, 2.45) is 0 Å². The first kappa shape index (κ1) is 20.6. The molecule has 1 aliphatic rings. The van der Waals surface area contributed by atoms with Crippen molar-refractivity contribution in [3.63, 3.8) is 0 Å². The van der Waals surface area contributed by atoms with E-state index in [1.165, 1.54) is 11.3 Å². The molecule has 1 N–H and O–H groups in total. The molecule has 4 rings (SSSR count). The predicted octanol–water partition coefficient (Wildman–Crippen LogP) is 2.61. The summed E-state index contributed by atoms with van der Waals surface area (Å²) in [5.74, 6) is -0.0932. The van der Waals surface area contributed by atoms with Crippen LogP contribution in [0.15, 0.2) is 36.4 Å². The van der Waals surface area contributed by atoms with Crippen molar-refractivity contribution < 1.29 is 9.53 Å². The Hall–Kier alpha value is -2.62. The van der Waals surface area contributed by atoms with Gasteiger partial charge in [-0.05, 0) is 25.5 Å². The molecule has 9 heteroatoms. The van der Waals surface area contributed by atoms with Crippen LogP contribution in [0.25, 0.3) is 0 Å². The van der Waals surface area contributed by atoms with Gasteiger partial charge >= 0.3 is 0 Å². The van der Waals surface area contributed by atoms with Gasteiger partial charge in [0.05, 0.1) is 18.9 Å². The van der Waals surface area contributed by atoms with E-state index < -0.39 is 0 Å². The molecule has 3 heterocycles. The zero-order valence-electron chi connectivity index (χ0n) is 17.2. The number of benzene rings is 1. The first-order valence-corrected chi connectivity index (χ1v) is 10.9. The fourth-order valence-corrected chi connectivity index (χ4v) is 4.41. The number of hydrogen-bond donors (Lipinski definition) is 1. The Morgan fingerprint density at radius 2 is 1.97 bits per heavy atom. The lowest BCUT2D eigenvalue weighted by molar-refractivity contribution is -0.123. The minimum Gasteiger partial charge on any atom is -0.379 e. The van der Waals surface area contributed by atoms with Crippen LogP contribution in [0, 0.1) is 13.8 Å². The average molecular weight is 427 g/mol. The zero-order valence-corrected chi connectivity index (χ0v) is 18.1. The highest BCUT2D eigenvalue weighted by Crippen LogP contribution is 2.25. The lowest BCUT2D eigenvalue weighted by Gasteiger charge is -2.33. The highest BCUT2D eigenvalue weighted by atomic mass is 32.1. The van der Waals surface area contributed by atoms with E-state index in [9.17, 15) is 4.79 Å². The maximum atomic E-state index is 13.2. The number of nitrogens with one attached hydrogen (secondary N) is 1. The number of carbonyl (C=O) groups excluding carboxylic acids is 1. The van der Waals surface area contributed by atoms with Crippen LogP contribution >= 0.6 is 11.3 Å². The van der Waals surface area contributed by atoms with Crippen LogP contribution in [0.1, 0.15) is 28.0 Å². The lowest BCUT2D eigenvalue weighted by atomic mass is 10.0. The zero-order chi connectivity index (χ0) is 20.9. The summed E-state index contributed by atoms with van der Waals surface area (Å²) >= 11 is 1.41. The van der Waals surface area contributed by atoms with Crippen LogP contribution in [0.5, 0.6) is 0 Å². The fourth-order valence-electron chi connectivity index (χ4n) is 3.68. The summed E-state index contributed by atoms with van der Waals surface area (Å²) in [5.41, 5.74) is 3.10. The van der Waals surface area contributed by atoms with Crippen molar-refractivity contribution in [2.45, 2.75) is 32.9 Å². The molecule has 8 nitrogen and oxygen atoms in total. The first-order valence-electron chi connectivity index (χ1n) is 10.1. The summed E-state index contributed by atoms with van der Waals surface area (Å²) < 4.78 is 7.43. The van der Waals surface area contributed by atoms with Crippen molar-refractivity contribution in [3.05, 3.63) is 58.4 Å². The number of amides is 1. The first-order chi connectivity index (χ1) is 14.6. The summed E-state index contributed by atoms with van der Waals surface area (Å²) in [6.07, 6.45) is 0.723. The molecule has 1 amide bonds. The van der Waals surface area contributed by atoms with Gasteiger partial charge in [0, 0.05) is 31.7 Å². The maximum absolute atomic E-state index is 13.2. The second-order valence-electron chi connectivity index (χ2n) is 7.35. The van der Waals surface area contributed by atoms with Gasteiger partial charge in [-0.1, -0.05) is 41.7 Å². The summed E-state index contributed by atoms with van der Waals surface area (Å²) in [5, 5.41) is 17.3. The number of ether oxygens (including phenoxy) is 1. The topological polar surface area (TPSA) is 85.2 Å². The lowest BCUT2D eigenvalue weighted by Crippen LogP contribution is -2.43. The third kappa shape index (κ3) is 4.92. The van der Waals surface area contributed by atoms with Gasteiger partial charge in [0.2, 0.25) is 11.0 Å². The SMILES string of the molecule is Cc1cc(C)n(CCc2nnc(NC(=O)[C@H](c3ccccc3)N3CCOCC3)s2)n1. The molecule has 2 aromatic heterocycles. The van der Waals surface area contributed by atoms with Crippen LogP contribution in [0.4, 0.5) is 5.13 Å². The van der Waals surface area contributed by atoms with Gasteiger partial charge in [-0.25, -0.2) is 0 Å². The number of aromatic nitrogens is 4. The van der Waals surface area contributed by atoms with E-state index in [1.54, 1.807) is 0 Å². The molecule has 1 aromatic carbocycles. The summed E-state index contributed by atoms with van der Waals surface area (Å²) in [6.45, 7) is 7.47. The van der Waals surface area contributed by atoms with Crippen LogP contribution in [0.2, 0.25) is 0 Å². The quantitative estimate of drug-likeness (QED) is 0.625. The van der Waals surface area contributed by atoms with Crippen molar-refractivity contribution in [3.8, 4) is 0 Å². The molecule has 0 radical (unpaired) electrons. The Balaban J connectivity index is 1.43. The van der Waals surface area contributed by atoms with E-state index in [-0.39, 0.29) is 11.9 Å². The van der Waals surface area contributed by atoms with E-state index in [1.807, 2.05) is 48.9 Å². The van der Waals surface area contributed by atoms with Gasteiger partial charge < -0.3 is 4.74 Å².